The van der Waals surface area contributed by atoms with Gasteiger partial charge < -0.3 is 10.6 Å². The fraction of sp³-hybridized carbons (Fsp3) is 0.462. The second-order valence-corrected chi connectivity index (χ2v) is 10.4. The number of halogens is 1. The number of hydrogen-bond donors (Lipinski definition) is 2. The number of nitrogens with zero attached hydrogens (tertiary/aromatic N) is 2. The van der Waals surface area contributed by atoms with Crippen LogP contribution in [0.3, 0.4) is 0 Å². The summed E-state index contributed by atoms with van der Waals surface area (Å²) in [5, 5.41) is 6.48. The van der Waals surface area contributed by atoms with Gasteiger partial charge in [0.1, 0.15) is 11.7 Å². The minimum absolute atomic E-state index is 0.124. The third-order valence-corrected chi connectivity index (χ3v) is 7.14. The Kier molecular flexibility index (Phi) is 5.61. The Morgan fingerprint density at radius 2 is 1.81 bits per heavy atom. The molecule has 1 saturated heterocycles. The first kappa shape index (κ1) is 22.5. The zero-order chi connectivity index (χ0) is 23.3. The van der Waals surface area contributed by atoms with Crippen LogP contribution < -0.4 is 10.6 Å². The molecule has 0 spiro atoms. The van der Waals surface area contributed by atoms with Crippen LogP contribution in [0.1, 0.15) is 57.6 Å². The molecule has 0 bridgehead atoms. The van der Waals surface area contributed by atoms with Crippen molar-refractivity contribution in [2.24, 2.45) is 4.99 Å². The Morgan fingerprint density at radius 1 is 1.12 bits per heavy atom. The first-order valence-corrected chi connectivity index (χ1v) is 11.2. The van der Waals surface area contributed by atoms with E-state index in [1.54, 1.807) is 12.3 Å². The number of aryl methyl sites for hydroxylation is 1. The molecule has 0 saturated carbocycles. The molecule has 2 aliphatic rings. The number of amides is 1. The molecule has 2 aromatic rings. The van der Waals surface area contributed by atoms with Crippen molar-refractivity contribution in [1.29, 1.82) is 0 Å². The average Bonchev–Trinajstić information content (AvgIpc) is 3.00. The van der Waals surface area contributed by atoms with E-state index in [9.17, 15) is 9.18 Å². The maximum absolute atomic E-state index is 13.4. The van der Waals surface area contributed by atoms with Crippen LogP contribution in [0.15, 0.2) is 41.4 Å². The van der Waals surface area contributed by atoms with Gasteiger partial charge in [0.15, 0.2) is 0 Å². The Labute approximate surface area is 190 Å². The summed E-state index contributed by atoms with van der Waals surface area (Å²) in [6, 6.07) is 10.8. The van der Waals surface area contributed by atoms with E-state index in [1.165, 1.54) is 12.1 Å². The number of piperidine rings is 1. The molecule has 5 nitrogen and oxygen atoms in total. The van der Waals surface area contributed by atoms with E-state index in [0.29, 0.717) is 11.7 Å². The Hall–Kier alpha value is -2.73. The van der Waals surface area contributed by atoms with Crippen LogP contribution in [-0.2, 0) is 4.79 Å². The number of anilines is 2. The van der Waals surface area contributed by atoms with Gasteiger partial charge in [-0.3, -0.25) is 14.7 Å². The first-order valence-electron chi connectivity index (χ1n) is 11.2. The number of benzene rings is 2. The number of likely N-dealkylation sites (tertiary alicyclic amines) is 1. The average molecular weight is 437 g/mol. The molecule has 2 aromatic carbocycles. The lowest BCUT2D eigenvalue weighted by atomic mass is 9.77. The molecule has 0 aliphatic carbocycles. The molecule has 6 heteroatoms. The lowest BCUT2D eigenvalue weighted by Gasteiger charge is -2.54. The van der Waals surface area contributed by atoms with E-state index in [0.717, 1.165) is 35.3 Å². The third-order valence-electron chi connectivity index (χ3n) is 7.14. The molecule has 170 valence electrons. The van der Waals surface area contributed by atoms with Gasteiger partial charge in [-0.2, -0.15) is 0 Å². The normalized spacial score (nSPS) is 22.7. The van der Waals surface area contributed by atoms with E-state index < -0.39 is 5.92 Å². The second-order valence-electron chi connectivity index (χ2n) is 10.4. The molecule has 1 fully saturated rings. The predicted octanol–water partition coefficient (Wildman–Crippen LogP) is 5.64. The van der Waals surface area contributed by atoms with E-state index in [2.05, 4.69) is 68.3 Å². The minimum Gasteiger partial charge on any atom is -0.382 e. The summed E-state index contributed by atoms with van der Waals surface area (Å²) in [5.74, 6) is -1.05. The van der Waals surface area contributed by atoms with Crippen molar-refractivity contribution in [3.63, 3.8) is 0 Å². The molecule has 2 heterocycles. The molecular weight excluding hydrogens is 403 g/mol. The van der Waals surface area contributed by atoms with Crippen molar-refractivity contribution in [2.45, 2.75) is 70.5 Å². The van der Waals surface area contributed by atoms with Crippen molar-refractivity contribution in [1.82, 2.24) is 4.90 Å². The van der Waals surface area contributed by atoms with Crippen LogP contribution >= 0.6 is 0 Å². The van der Waals surface area contributed by atoms with Gasteiger partial charge in [-0.15, -0.1) is 0 Å². The van der Waals surface area contributed by atoms with Crippen LogP contribution in [0.2, 0.25) is 0 Å². The van der Waals surface area contributed by atoms with Crippen molar-refractivity contribution in [3.8, 4) is 0 Å². The van der Waals surface area contributed by atoms with Gasteiger partial charge in [-0.05, 0) is 96.0 Å². The number of rotatable bonds is 4. The zero-order valence-corrected chi connectivity index (χ0v) is 19.8. The van der Waals surface area contributed by atoms with Gasteiger partial charge in [0.25, 0.3) is 0 Å². The SMILES string of the molecule is Cc1cc(N=CC2C(=O)Nc3cc(F)ccc32)ccc1NC1CC(C)(C)N(C)C(C)(C)C1. The molecule has 32 heavy (non-hydrogen) atoms. The largest absolute Gasteiger partial charge is 0.382 e. The standard InChI is InChI=1S/C26H33FN4O/c1-16-11-18(28-15-21-20-9-7-17(27)12-23(20)30-24(21)32)8-10-22(16)29-19-13-25(2,3)31(6)26(4,5)14-19/h7-12,15,19,21,29H,13-14H2,1-6H3,(H,30,32). The number of nitrogens with one attached hydrogen (secondary N) is 2. The van der Waals surface area contributed by atoms with Crippen LogP contribution in [0.5, 0.6) is 0 Å². The molecule has 0 aromatic heterocycles. The molecule has 0 radical (unpaired) electrons. The number of hydrogen-bond acceptors (Lipinski definition) is 4. The van der Waals surface area contributed by atoms with E-state index >= 15 is 0 Å². The van der Waals surface area contributed by atoms with Crippen LogP contribution in [-0.4, -0.2) is 41.2 Å². The molecule has 1 unspecified atom stereocenters. The highest BCUT2D eigenvalue weighted by atomic mass is 19.1. The highest BCUT2D eigenvalue weighted by Gasteiger charge is 2.43. The molecule has 2 N–H and O–H groups in total. The highest BCUT2D eigenvalue weighted by molar-refractivity contribution is 6.12. The Morgan fingerprint density at radius 3 is 2.47 bits per heavy atom. The van der Waals surface area contributed by atoms with Crippen molar-refractivity contribution >= 4 is 29.2 Å². The summed E-state index contributed by atoms with van der Waals surface area (Å²) < 4.78 is 13.4. The van der Waals surface area contributed by atoms with Crippen LogP contribution in [0.25, 0.3) is 0 Å². The van der Waals surface area contributed by atoms with Gasteiger partial charge in [0.05, 0.1) is 5.69 Å². The highest BCUT2D eigenvalue weighted by Crippen LogP contribution is 2.38. The van der Waals surface area contributed by atoms with Crippen LogP contribution in [0.4, 0.5) is 21.5 Å². The molecule has 1 amide bonds. The van der Waals surface area contributed by atoms with Crippen molar-refractivity contribution < 1.29 is 9.18 Å². The smallest absolute Gasteiger partial charge is 0.237 e. The van der Waals surface area contributed by atoms with Crippen molar-refractivity contribution in [3.05, 3.63) is 53.3 Å². The monoisotopic (exact) mass is 436 g/mol. The lowest BCUT2D eigenvalue weighted by molar-refractivity contribution is -0.115. The topological polar surface area (TPSA) is 56.7 Å². The number of aliphatic imine (C=N–C) groups is 1. The number of carbonyl (C=O) groups is 1. The molecule has 4 rings (SSSR count). The first-order chi connectivity index (χ1) is 15.0. The number of fused-ring (bicyclic) bond motifs is 1. The molecule has 1 atom stereocenters. The summed E-state index contributed by atoms with van der Waals surface area (Å²) in [7, 11) is 2.22. The van der Waals surface area contributed by atoms with Gasteiger partial charge in [-0.1, -0.05) is 6.07 Å². The van der Waals surface area contributed by atoms with E-state index in [1.807, 2.05) is 12.1 Å². The second kappa shape index (κ2) is 8.00. The third kappa shape index (κ3) is 4.29. The van der Waals surface area contributed by atoms with Crippen LogP contribution in [0, 0.1) is 12.7 Å². The number of carbonyl (C=O) groups excluding carboxylic acids is 1. The van der Waals surface area contributed by atoms with Gasteiger partial charge >= 0.3 is 0 Å². The summed E-state index contributed by atoms with van der Waals surface area (Å²) in [6.45, 7) is 11.3. The quantitative estimate of drug-likeness (QED) is 0.610. The fourth-order valence-corrected chi connectivity index (χ4v) is 5.15. The summed E-state index contributed by atoms with van der Waals surface area (Å²) >= 11 is 0. The zero-order valence-electron chi connectivity index (χ0n) is 19.8. The predicted molar refractivity (Wildman–Crippen MR) is 130 cm³/mol. The van der Waals surface area contributed by atoms with E-state index in [4.69, 9.17) is 0 Å². The summed E-state index contributed by atoms with van der Waals surface area (Å²) in [6.07, 6.45) is 3.79. The Balaban J connectivity index is 1.48. The summed E-state index contributed by atoms with van der Waals surface area (Å²) in [5.41, 5.74) is 4.54. The fourth-order valence-electron chi connectivity index (χ4n) is 5.15. The minimum atomic E-state index is -0.507. The molecule has 2 aliphatic heterocycles. The lowest BCUT2D eigenvalue weighted by Crippen LogP contribution is -2.61. The Bertz CT molecular complexity index is 1060. The maximum Gasteiger partial charge on any atom is 0.237 e. The molecular formula is C26H33FN4O. The van der Waals surface area contributed by atoms with Crippen molar-refractivity contribution in [2.75, 3.05) is 17.7 Å². The van der Waals surface area contributed by atoms with Gasteiger partial charge in [0, 0.05) is 34.7 Å². The maximum atomic E-state index is 13.4. The summed E-state index contributed by atoms with van der Waals surface area (Å²) in [4.78, 5) is 19.3. The van der Waals surface area contributed by atoms with Gasteiger partial charge in [0.2, 0.25) is 5.91 Å². The van der Waals surface area contributed by atoms with Gasteiger partial charge in [-0.25, -0.2) is 4.39 Å². The van der Waals surface area contributed by atoms with E-state index in [-0.39, 0.29) is 22.8 Å².